The van der Waals surface area contributed by atoms with E-state index in [1.165, 1.54) is 30.2 Å². The number of hydrogen-bond acceptors (Lipinski definition) is 8. The zero-order chi connectivity index (χ0) is 40.8. The van der Waals surface area contributed by atoms with Gasteiger partial charge >= 0.3 is 17.9 Å². The predicted molar refractivity (Wildman–Crippen MR) is 226 cm³/mol. The van der Waals surface area contributed by atoms with Crippen LogP contribution >= 0.6 is 6.89 Å². The molecule has 4 aromatic rings. The van der Waals surface area contributed by atoms with Gasteiger partial charge in [0, 0.05) is 6.89 Å². The summed E-state index contributed by atoms with van der Waals surface area (Å²) in [6.45, 7) is 14.4. The minimum atomic E-state index is -3.28. The fourth-order valence-corrected chi connectivity index (χ4v) is 12.8. The van der Waals surface area contributed by atoms with Gasteiger partial charge < -0.3 is 23.5 Å². The lowest BCUT2D eigenvalue weighted by atomic mass is 9.76. The number of β-lactam (4-membered cyclic amide) rings is 1. The molecular weight excluding hydrogens is 742 g/mol. The zero-order valence-electron chi connectivity index (χ0n) is 33.4. The van der Waals surface area contributed by atoms with Gasteiger partial charge in [0.1, 0.15) is 17.8 Å². The lowest BCUT2D eigenvalue weighted by molar-refractivity contribution is -0.165. The van der Waals surface area contributed by atoms with Crippen molar-refractivity contribution in [2.75, 3.05) is 13.7 Å². The van der Waals surface area contributed by atoms with Gasteiger partial charge in [0.2, 0.25) is 5.91 Å². The number of ether oxygens (including phenoxy) is 3. The molecule has 56 heavy (non-hydrogen) atoms. The van der Waals surface area contributed by atoms with Crippen LogP contribution in [0.2, 0.25) is 18.1 Å². The molecule has 0 aliphatic carbocycles. The van der Waals surface area contributed by atoms with Gasteiger partial charge in [-0.2, -0.15) is 0 Å². The smallest absolute Gasteiger partial charge is 0.356 e. The molecule has 1 heterocycles. The molecule has 1 fully saturated rings. The Bertz CT molecular complexity index is 1990. The summed E-state index contributed by atoms with van der Waals surface area (Å²) in [5.74, 6) is -4.22. The van der Waals surface area contributed by atoms with Crippen LogP contribution in [-0.4, -0.2) is 68.3 Å². The SMILES string of the molecule is C=CCOC(=O)C(N1C(=O)[C@H]([C@@H](C)O[Si](C)(C)C(C)(C)C)[C@@H]1[C@@H](C)C(=O)OC(=O)c1ccc(OC)cc1)=P(c1ccccc1)(c1ccccc1)c1ccccc1. The Morgan fingerprint density at radius 1 is 0.821 bits per heavy atom. The minimum Gasteiger partial charge on any atom is -0.497 e. The maximum atomic E-state index is 15.1. The Morgan fingerprint density at radius 3 is 1.73 bits per heavy atom. The molecule has 0 bridgehead atoms. The van der Waals surface area contributed by atoms with Crippen molar-refractivity contribution in [2.45, 2.75) is 64.9 Å². The number of methoxy groups -OCH3 is 1. The van der Waals surface area contributed by atoms with Gasteiger partial charge in [-0.1, -0.05) is 124 Å². The van der Waals surface area contributed by atoms with Gasteiger partial charge in [0.05, 0.1) is 36.7 Å². The van der Waals surface area contributed by atoms with E-state index in [0.29, 0.717) is 5.75 Å². The van der Waals surface area contributed by atoms with Crippen molar-refractivity contribution in [1.82, 2.24) is 4.90 Å². The maximum Gasteiger partial charge on any atom is 0.356 e. The summed E-state index contributed by atoms with van der Waals surface area (Å²) in [5, 5.41) is 2.22. The Hall–Kier alpha value is -5.02. The van der Waals surface area contributed by atoms with Crippen LogP contribution < -0.4 is 20.7 Å². The molecule has 294 valence electrons. The molecule has 0 aromatic heterocycles. The Morgan fingerprint density at radius 2 is 1.30 bits per heavy atom. The normalized spacial score (nSPS) is 16.9. The highest BCUT2D eigenvalue weighted by molar-refractivity contribution is 7.96. The molecule has 4 aromatic carbocycles. The summed E-state index contributed by atoms with van der Waals surface area (Å²) in [6, 6.07) is 34.1. The van der Waals surface area contributed by atoms with E-state index >= 15 is 4.79 Å². The van der Waals surface area contributed by atoms with E-state index in [9.17, 15) is 14.4 Å². The molecule has 0 saturated carbocycles. The maximum absolute atomic E-state index is 15.1. The van der Waals surface area contributed by atoms with E-state index in [4.69, 9.17) is 18.6 Å². The predicted octanol–water partition coefficient (Wildman–Crippen LogP) is 7.11. The van der Waals surface area contributed by atoms with Crippen molar-refractivity contribution in [3.8, 4) is 5.75 Å². The third kappa shape index (κ3) is 8.24. The zero-order valence-corrected chi connectivity index (χ0v) is 35.3. The van der Waals surface area contributed by atoms with E-state index in [0.717, 1.165) is 15.9 Å². The van der Waals surface area contributed by atoms with Crippen molar-refractivity contribution in [2.24, 2.45) is 11.8 Å². The molecule has 1 saturated heterocycles. The number of likely N-dealkylation sites (tertiary alicyclic amines) is 1. The van der Waals surface area contributed by atoms with Gasteiger partial charge in [-0.3, -0.25) is 9.59 Å². The molecule has 1 aliphatic rings. The van der Waals surface area contributed by atoms with Gasteiger partial charge in [0.25, 0.3) is 0 Å². The van der Waals surface area contributed by atoms with Crippen LogP contribution in [-0.2, 0) is 28.3 Å². The molecule has 9 nitrogen and oxygen atoms in total. The summed E-state index contributed by atoms with van der Waals surface area (Å²) < 4.78 is 23.5. The van der Waals surface area contributed by atoms with Crippen molar-refractivity contribution in [1.29, 1.82) is 0 Å². The van der Waals surface area contributed by atoms with Gasteiger partial charge in [0.15, 0.2) is 8.32 Å². The summed E-state index contributed by atoms with van der Waals surface area (Å²) in [6.07, 6.45) is 0.821. The Balaban J connectivity index is 1.79. The molecule has 5 rings (SSSR count). The lowest BCUT2D eigenvalue weighted by Gasteiger charge is -2.54. The quantitative estimate of drug-likeness (QED) is 0.0332. The number of benzene rings is 4. The minimum absolute atomic E-state index is 0.106. The largest absolute Gasteiger partial charge is 0.497 e. The molecule has 4 atom stereocenters. The average Bonchev–Trinajstić information content (AvgIpc) is 3.19. The third-order valence-electron chi connectivity index (χ3n) is 10.9. The van der Waals surface area contributed by atoms with E-state index in [2.05, 4.69) is 40.4 Å². The van der Waals surface area contributed by atoms with Crippen molar-refractivity contribution < 1.29 is 37.8 Å². The van der Waals surface area contributed by atoms with Crippen LogP contribution in [0.25, 0.3) is 0 Å². The topological polar surface area (TPSA) is 108 Å². The van der Waals surface area contributed by atoms with E-state index in [1.807, 2.05) is 97.9 Å². The van der Waals surface area contributed by atoms with Crippen molar-refractivity contribution in [3.63, 3.8) is 0 Å². The highest BCUT2D eigenvalue weighted by atomic mass is 31.2. The highest BCUT2D eigenvalue weighted by Gasteiger charge is 2.60. The van der Waals surface area contributed by atoms with E-state index in [1.54, 1.807) is 19.1 Å². The number of carbonyl (C=O) groups excluding carboxylic acids is 4. The molecule has 11 heteroatoms. The first-order chi connectivity index (χ1) is 26.6. The van der Waals surface area contributed by atoms with Crippen LogP contribution in [0.4, 0.5) is 0 Å². The second kappa shape index (κ2) is 17.4. The van der Waals surface area contributed by atoms with Crippen molar-refractivity contribution in [3.05, 3.63) is 133 Å². The van der Waals surface area contributed by atoms with Gasteiger partial charge in [-0.05, 0) is 72.2 Å². The van der Waals surface area contributed by atoms with Crippen LogP contribution in [0.3, 0.4) is 0 Å². The second-order valence-corrected chi connectivity index (χ2v) is 23.5. The summed E-state index contributed by atoms with van der Waals surface area (Å²) >= 11 is 0. The fourth-order valence-electron chi connectivity index (χ4n) is 6.98. The summed E-state index contributed by atoms with van der Waals surface area (Å²) in [5.41, 5.74) is 0.261. The average molecular weight is 794 g/mol. The molecule has 1 amide bonds. The first-order valence-corrected chi connectivity index (χ1v) is 23.4. The number of hydrogen-bond donors (Lipinski definition) is 0. The second-order valence-electron chi connectivity index (χ2n) is 15.4. The van der Waals surface area contributed by atoms with Gasteiger partial charge in [-0.25, -0.2) is 9.59 Å². The fraction of sp³-hybridized carbons (Fsp3) is 0.311. The number of rotatable bonds is 14. The first-order valence-electron chi connectivity index (χ1n) is 18.7. The van der Waals surface area contributed by atoms with Gasteiger partial charge in [-0.15, -0.1) is 0 Å². The summed E-state index contributed by atoms with van der Waals surface area (Å²) in [4.78, 5) is 59.1. The molecular formula is C45H52NO8PSi. The molecule has 0 N–H and O–H groups in total. The van der Waals surface area contributed by atoms with Crippen LogP contribution in [0, 0.1) is 11.8 Å². The number of carbonyl (C=O) groups is 4. The molecule has 1 aliphatic heterocycles. The van der Waals surface area contributed by atoms with Crippen LogP contribution in [0.5, 0.6) is 5.75 Å². The first kappa shape index (κ1) is 42.1. The van der Waals surface area contributed by atoms with Crippen LogP contribution in [0.15, 0.2) is 128 Å². The van der Waals surface area contributed by atoms with E-state index < -0.39 is 57.1 Å². The molecule has 0 spiro atoms. The number of amides is 1. The molecule has 0 radical (unpaired) electrons. The monoisotopic (exact) mass is 793 g/mol. The summed E-state index contributed by atoms with van der Waals surface area (Å²) in [7, 11) is -0.936. The Kier molecular flexibility index (Phi) is 13.1. The van der Waals surface area contributed by atoms with Crippen molar-refractivity contribution >= 4 is 60.3 Å². The molecule has 0 unspecified atom stereocenters. The number of esters is 3. The standard InChI is InChI=1S/C45H52NO8PSi/c1-10-30-52-44(50)41(55(35-20-14-11-15-21-35,36-22-16-12-17-23-36)37-24-18-13-19-25-37)46-39(38(40(46)47)32(3)54-56(8,9)45(4,5)6)31(2)42(48)53-43(49)33-26-28-34(51-7)29-27-33/h10-29,31-32,38-39H,1,30H2,2-9H3/t31-,32-,38-,39+/m1/s1. The Labute approximate surface area is 331 Å². The number of nitrogens with zero attached hydrogens (tertiary/aromatic N) is 1. The lowest BCUT2D eigenvalue weighted by Crippen LogP contribution is -2.71. The van der Waals surface area contributed by atoms with E-state index in [-0.39, 0.29) is 28.5 Å². The third-order valence-corrected chi connectivity index (χ3v) is 19.7. The van der Waals surface area contributed by atoms with Crippen LogP contribution in [0.1, 0.15) is 45.0 Å². The highest BCUT2D eigenvalue weighted by Crippen LogP contribution is 2.51.